The number of aryl methyl sites for hydroxylation is 1. The van der Waals surface area contributed by atoms with Gasteiger partial charge < -0.3 is 9.26 Å². The van der Waals surface area contributed by atoms with Gasteiger partial charge >= 0.3 is 5.97 Å². The van der Waals surface area contributed by atoms with E-state index in [0.29, 0.717) is 19.0 Å². The number of rotatable bonds is 6. The normalized spacial score (nSPS) is 14.6. The van der Waals surface area contributed by atoms with E-state index in [1.807, 2.05) is 31.2 Å². The predicted octanol–water partition coefficient (Wildman–Crippen LogP) is 3.84. The fraction of sp³-hybridized carbons (Fsp3) is 0.286. The maximum absolute atomic E-state index is 12.8. The van der Waals surface area contributed by atoms with Crippen LogP contribution >= 0.6 is 11.6 Å². The number of nitrogens with zero attached hydrogens (tertiary/aromatic N) is 3. The molecule has 2 heterocycles. The van der Waals surface area contributed by atoms with Gasteiger partial charge in [-0.2, -0.15) is 9.29 Å². The molecule has 0 N–H and O–H groups in total. The highest BCUT2D eigenvalue weighted by atomic mass is 35.5. The zero-order chi connectivity index (χ0) is 22.0. The Bertz CT molecular complexity index is 1200. The first-order valence-electron chi connectivity index (χ1n) is 9.71. The summed E-state index contributed by atoms with van der Waals surface area (Å²) in [5.74, 6) is -0.283. The lowest BCUT2D eigenvalue weighted by Gasteiger charge is -2.16. The number of esters is 1. The molecule has 2 aromatic carbocycles. The minimum Gasteiger partial charge on any atom is -0.454 e. The molecule has 1 aliphatic rings. The van der Waals surface area contributed by atoms with Crippen molar-refractivity contribution < 1.29 is 22.5 Å². The molecule has 162 valence electrons. The van der Waals surface area contributed by atoms with Crippen LogP contribution < -0.4 is 0 Å². The molecule has 1 fully saturated rings. The van der Waals surface area contributed by atoms with E-state index < -0.39 is 16.0 Å². The van der Waals surface area contributed by atoms with Gasteiger partial charge in [0.1, 0.15) is 0 Å². The van der Waals surface area contributed by atoms with Gasteiger partial charge in [-0.25, -0.2) is 13.2 Å². The van der Waals surface area contributed by atoms with E-state index in [9.17, 15) is 13.2 Å². The van der Waals surface area contributed by atoms with E-state index in [0.717, 1.165) is 24.0 Å². The van der Waals surface area contributed by atoms with Gasteiger partial charge in [-0.1, -0.05) is 34.5 Å². The van der Waals surface area contributed by atoms with Crippen molar-refractivity contribution in [1.82, 2.24) is 14.4 Å². The molecule has 0 aliphatic carbocycles. The lowest BCUT2D eigenvalue weighted by molar-refractivity contribution is 0.0459. The zero-order valence-corrected chi connectivity index (χ0v) is 18.3. The molecule has 4 rings (SSSR count). The molecular formula is C21H20ClN3O5S. The molecule has 1 saturated heterocycles. The Morgan fingerprint density at radius 1 is 1.16 bits per heavy atom. The number of benzene rings is 2. The van der Waals surface area contributed by atoms with Gasteiger partial charge in [-0.05, 0) is 50.1 Å². The number of ether oxygens (including phenoxy) is 1. The number of hydrogen-bond acceptors (Lipinski definition) is 7. The van der Waals surface area contributed by atoms with Gasteiger partial charge in [0.15, 0.2) is 6.61 Å². The maximum atomic E-state index is 12.8. The summed E-state index contributed by atoms with van der Waals surface area (Å²) in [6, 6.07) is 11.6. The van der Waals surface area contributed by atoms with Crippen LogP contribution in [0.2, 0.25) is 5.02 Å². The SMILES string of the molecule is Cc1ccc(-c2nc(COC(=O)c3cc(S(=O)(=O)N4CCCC4)ccc3Cl)no2)cc1. The van der Waals surface area contributed by atoms with Gasteiger partial charge in [-0.15, -0.1) is 0 Å². The fourth-order valence-corrected chi connectivity index (χ4v) is 4.97. The van der Waals surface area contributed by atoms with Gasteiger partial charge in [0.05, 0.1) is 15.5 Å². The van der Waals surface area contributed by atoms with Crippen molar-refractivity contribution in [3.05, 3.63) is 64.4 Å². The largest absolute Gasteiger partial charge is 0.454 e. The van der Waals surface area contributed by atoms with Crippen molar-refractivity contribution in [3.8, 4) is 11.5 Å². The van der Waals surface area contributed by atoms with E-state index >= 15 is 0 Å². The highest BCUT2D eigenvalue weighted by Gasteiger charge is 2.28. The summed E-state index contributed by atoms with van der Waals surface area (Å²) in [6.07, 6.45) is 1.63. The van der Waals surface area contributed by atoms with Crippen LogP contribution in [0.3, 0.4) is 0 Å². The molecule has 0 amide bonds. The summed E-state index contributed by atoms with van der Waals surface area (Å²) in [5.41, 5.74) is 1.81. The first-order chi connectivity index (χ1) is 14.8. The monoisotopic (exact) mass is 461 g/mol. The summed E-state index contributed by atoms with van der Waals surface area (Å²) in [7, 11) is -3.68. The highest BCUT2D eigenvalue weighted by Crippen LogP contribution is 2.26. The van der Waals surface area contributed by atoms with Crippen LogP contribution in [0.25, 0.3) is 11.5 Å². The Hall–Kier alpha value is -2.75. The zero-order valence-electron chi connectivity index (χ0n) is 16.7. The van der Waals surface area contributed by atoms with E-state index in [2.05, 4.69) is 10.1 Å². The average Bonchev–Trinajstić information content (AvgIpc) is 3.45. The quantitative estimate of drug-likeness (QED) is 0.514. The minimum atomic E-state index is -3.68. The summed E-state index contributed by atoms with van der Waals surface area (Å²) in [4.78, 5) is 16.8. The summed E-state index contributed by atoms with van der Waals surface area (Å²) >= 11 is 6.12. The van der Waals surface area contributed by atoms with Crippen molar-refractivity contribution in [3.63, 3.8) is 0 Å². The molecular weight excluding hydrogens is 442 g/mol. The van der Waals surface area contributed by atoms with E-state index in [4.69, 9.17) is 20.9 Å². The molecule has 1 aliphatic heterocycles. The van der Waals surface area contributed by atoms with Crippen molar-refractivity contribution in [1.29, 1.82) is 0 Å². The Labute approximate surface area is 184 Å². The molecule has 8 nitrogen and oxygen atoms in total. The highest BCUT2D eigenvalue weighted by molar-refractivity contribution is 7.89. The molecule has 0 radical (unpaired) electrons. The Morgan fingerprint density at radius 3 is 2.58 bits per heavy atom. The predicted molar refractivity (Wildman–Crippen MR) is 113 cm³/mol. The molecule has 1 aromatic heterocycles. The van der Waals surface area contributed by atoms with Crippen molar-refractivity contribution in [2.24, 2.45) is 0 Å². The second kappa shape index (κ2) is 8.78. The number of aromatic nitrogens is 2. The van der Waals surface area contributed by atoms with Crippen LogP contribution in [0, 0.1) is 6.92 Å². The van der Waals surface area contributed by atoms with Crippen LogP contribution in [0.15, 0.2) is 51.9 Å². The van der Waals surface area contributed by atoms with Crippen LogP contribution in [0.4, 0.5) is 0 Å². The number of carbonyl (C=O) groups excluding carboxylic acids is 1. The standard InChI is InChI=1S/C21H20ClN3O5S/c1-14-4-6-15(7-5-14)20-23-19(24-30-20)13-29-21(26)17-12-16(8-9-18(17)22)31(27,28)25-10-2-3-11-25/h4-9,12H,2-3,10-11,13H2,1H3. The van der Waals surface area contributed by atoms with E-state index in [1.54, 1.807) is 0 Å². The molecule has 0 saturated carbocycles. The van der Waals surface area contributed by atoms with Gasteiger partial charge in [-0.3, -0.25) is 0 Å². The topological polar surface area (TPSA) is 103 Å². The van der Waals surface area contributed by atoms with E-state index in [-0.39, 0.29) is 27.9 Å². The lowest BCUT2D eigenvalue weighted by Crippen LogP contribution is -2.28. The number of carbonyl (C=O) groups is 1. The third kappa shape index (κ3) is 4.63. The lowest BCUT2D eigenvalue weighted by atomic mass is 10.1. The van der Waals surface area contributed by atoms with Crippen LogP contribution in [-0.4, -0.2) is 41.9 Å². The molecule has 0 atom stereocenters. The second-order valence-corrected chi connectivity index (χ2v) is 9.56. The van der Waals surface area contributed by atoms with Gasteiger partial charge in [0.2, 0.25) is 15.8 Å². The van der Waals surface area contributed by atoms with Crippen LogP contribution in [0.5, 0.6) is 0 Å². The first kappa shape index (κ1) is 21.5. The maximum Gasteiger partial charge on any atom is 0.340 e. The van der Waals surface area contributed by atoms with E-state index in [1.165, 1.54) is 22.5 Å². The van der Waals surface area contributed by atoms with Gasteiger partial charge in [0, 0.05) is 18.7 Å². The molecule has 3 aromatic rings. The minimum absolute atomic E-state index is 0.00645. The van der Waals surface area contributed by atoms with Gasteiger partial charge in [0.25, 0.3) is 5.89 Å². The molecule has 0 unspecified atom stereocenters. The summed E-state index contributed by atoms with van der Waals surface area (Å²) in [6.45, 7) is 2.66. The third-order valence-corrected chi connectivity index (χ3v) is 7.18. The number of halogens is 1. The fourth-order valence-electron chi connectivity index (χ4n) is 3.23. The number of sulfonamides is 1. The molecule has 0 bridgehead atoms. The summed E-state index contributed by atoms with van der Waals surface area (Å²) in [5, 5.41) is 3.91. The smallest absolute Gasteiger partial charge is 0.340 e. The third-order valence-electron chi connectivity index (χ3n) is 4.96. The Kier molecular flexibility index (Phi) is 6.08. The molecule has 10 heteroatoms. The molecule has 31 heavy (non-hydrogen) atoms. The second-order valence-electron chi connectivity index (χ2n) is 7.21. The van der Waals surface area contributed by atoms with Crippen molar-refractivity contribution in [2.45, 2.75) is 31.3 Å². The summed E-state index contributed by atoms with van der Waals surface area (Å²) < 4.78 is 37.4. The van der Waals surface area contributed by atoms with Crippen molar-refractivity contribution >= 4 is 27.6 Å². The molecule has 0 spiro atoms. The average molecular weight is 462 g/mol. The van der Waals surface area contributed by atoms with Crippen LogP contribution in [0.1, 0.15) is 34.6 Å². The van der Waals surface area contributed by atoms with Crippen molar-refractivity contribution in [2.75, 3.05) is 13.1 Å². The Morgan fingerprint density at radius 2 is 1.87 bits per heavy atom. The Balaban J connectivity index is 1.47. The van der Waals surface area contributed by atoms with Crippen LogP contribution in [-0.2, 0) is 21.4 Å². The number of hydrogen-bond donors (Lipinski definition) is 0. The first-order valence-corrected chi connectivity index (χ1v) is 11.5.